The Morgan fingerprint density at radius 2 is 1.56 bits per heavy atom. The molecule has 0 heterocycles. The number of allylic oxidation sites excluding steroid dienone is 2. The molecule has 0 nitrogen and oxygen atoms in total. The summed E-state index contributed by atoms with van der Waals surface area (Å²) in [5.41, 5.74) is 3.47. The van der Waals surface area contributed by atoms with Crippen LogP contribution in [0.2, 0.25) is 0 Å². The maximum absolute atomic E-state index is 3.52. The summed E-state index contributed by atoms with van der Waals surface area (Å²) >= 11 is 0. The molecule has 0 amide bonds. The van der Waals surface area contributed by atoms with Gasteiger partial charge in [0.05, 0.1) is 0 Å². The highest BCUT2D eigenvalue weighted by molar-refractivity contribution is 5.22. The minimum Gasteiger partial charge on any atom is -0.106 e. The van der Waals surface area contributed by atoms with Crippen molar-refractivity contribution in [3.63, 3.8) is 0 Å². The largest absolute Gasteiger partial charge is 0.106 e. The average molecular weight is 347 g/mol. The lowest BCUT2D eigenvalue weighted by atomic mass is 9.75. The van der Waals surface area contributed by atoms with E-state index in [1.54, 1.807) is 11.1 Å². The zero-order chi connectivity index (χ0) is 19.4. The fraction of sp³-hybridized carbons (Fsp3) is 0.840. The molecule has 0 spiro atoms. The zero-order valence-electron chi connectivity index (χ0n) is 18.8. The van der Waals surface area contributed by atoms with Crippen molar-refractivity contribution < 1.29 is 0 Å². The first-order valence-corrected chi connectivity index (χ1v) is 11.0. The molecule has 25 heavy (non-hydrogen) atoms. The van der Waals surface area contributed by atoms with Crippen LogP contribution >= 0.6 is 0 Å². The van der Waals surface area contributed by atoms with E-state index in [-0.39, 0.29) is 0 Å². The van der Waals surface area contributed by atoms with Gasteiger partial charge in [0.15, 0.2) is 0 Å². The minimum absolute atomic E-state index is 0.545. The number of rotatable bonds is 12. The third-order valence-electron chi connectivity index (χ3n) is 5.97. The second kappa shape index (κ2) is 13.5. The molecule has 0 aliphatic rings. The van der Waals surface area contributed by atoms with Crippen molar-refractivity contribution in [2.75, 3.05) is 0 Å². The Bertz CT molecular complexity index is 429. The van der Waals surface area contributed by atoms with Crippen LogP contribution in [0, 0.1) is 41.4 Å². The molecule has 4 atom stereocenters. The van der Waals surface area contributed by atoms with Crippen molar-refractivity contribution >= 4 is 0 Å². The first kappa shape index (κ1) is 24.3. The molecule has 0 radical (unpaired) electrons. The van der Waals surface area contributed by atoms with Gasteiger partial charge in [-0.2, -0.15) is 0 Å². The molecule has 0 saturated heterocycles. The molecule has 0 bridgehead atoms. The summed E-state index contributed by atoms with van der Waals surface area (Å²) in [4.78, 5) is 0. The molecule has 0 heteroatoms. The molecule has 146 valence electrons. The summed E-state index contributed by atoms with van der Waals surface area (Å²) in [5, 5.41) is 0. The Morgan fingerprint density at radius 3 is 2.00 bits per heavy atom. The van der Waals surface area contributed by atoms with Crippen LogP contribution in [0.15, 0.2) is 11.1 Å². The minimum atomic E-state index is 0.545. The van der Waals surface area contributed by atoms with Crippen molar-refractivity contribution in [2.24, 2.45) is 29.6 Å². The van der Waals surface area contributed by atoms with Crippen molar-refractivity contribution in [2.45, 2.75) is 107 Å². The van der Waals surface area contributed by atoms with Crippen molar-refractivity contribution in [3.8, 4) is 11.8 Å². The monoisotopic (exact) mass is 346 g/mol. The Kier molecular flexibility index (Phi) is 13.1. The normalized spacial score (nSPS) is 17.4. The van der Waals surface area contributed by atoms with Crippen LogP contribution in [0.1, 0.15) is 107 Å². The van der Waals surface area contributed by atoms with Gasteiger partial charge in [0.25, 0.3) is 0 Å². The molecule has 0 aromatic heterocycles. The van der Waals surface area contributed by atoms with E-state index in [1.165, 1.54) is 44.9 Å². The van der Waals surface area contributed by atoms with E-state index in [9.17, 15) is 0 Å². The van der Waals surface area contributed by atoms with Crippen LogP contribution in [-0.4, -0.2) is 0 Å². The summed E-state index contributed by atoms with van der Waals surface area (Å²) in [7, 11) is 0. The van der Waals surface area contributed by atoms with Crippen molar-refractivity contribution in [3.05, 3.63) is 11.1 Å². The third kappa shape index (κ3) is 8.99. The summed E-state index contributed by atoms with van der Waals surface area (Å²) in [6.45, 7) is 21.1. The Balaban J connectivity index is 5.64. The summed E-state index contributed by atoms with van der Waals surface area (Å²) in [6, 6.07) is 0. The molecule has 0 aliphatic carbocycles. The molecule has 4 unspecified atom stereocenters. The highest BCUT2D eigenvalue weighted by Gasteiger charge is 2.23. The van der Waals surface area contributed by atoms with Crippen molar-refractivity contribution in [1.82, 2.24) is 0 Å². The van der Waals surface area contributed by atoms with Gasteiger partial charge in [-0.05, 0) is 62.7 Å². The molecule has 0 saturated carbocycles. The Labute approximate surface area is 160 Å². The maximum Gasteiger partial charge on any atom is 0.0240 e. The summed E-state index contributed by atoms with van der Waals surface area (Å²) in [5.74, 6) is 10.2. The van der Waals surface area contributed by atoms with E-state index in [0.29, 0.717) is 17.8 Å². The predicted molar refractivity (Wildman–Crippen MR) is 116 cm³/mol. The van der Waals surface area contributed by atoms with Gasteiger partial charge in [-0.15, -0.1) is 5.92 Å². The lowest BCUT2D eigenvalue weighted by molar-refractivity contribution is 0.347. The second-order valence-corrected chi connectivity index (χ2v) is 8.55. The van der Waals surface area contributed by atoms with Crippen LogP contribution in [0.25, 0.3) is 0 Å². The van der Waals surface area contributed by atoms with Gasteiger partial charge in [-0.25, -0.2) is 0 Å². The molecule has 0 aliphatic heterocycles. The molecule has 0 rings (SSSR count). The van der Waals surface area contributed by atoms with Gasteiger partial charge < -0.3 is 0 Å². The number of unbranched alkanes of at least 4 members (excludes halogenated alkanes) is 1. The standard InChI is InChI=1S/C25H46/c1-10-14-16-23(15-11-2)18-25(20(7)12-3)24(13-4)22(9)21(8)17-19(5)6/h19-23H,10,12-14,16-18H2,1-9H3. The highest BCUT2D eigenvalue weighted by atomic mass is 14.3. The average Bonchev–Trinajstić information content (AvgIpc) is 2.57. The molecular weight excluding hydrogens is 300 g/mol. The van der Waals surface area contributed by atoms with Crippen LogP contribution in [0.3, 0.4) is 0 Å². The highest BCUT2D eigenvalue weighted by Crippen LogP contribution is 2.36. The fourth-order valence-electron chi connectivity index (χ4n) is 4.17. The molecule has 0 aromatic carbocycles. The van der Waals surface area contributed by atoms with Gasteiger partial charge in [-0.3, -0.25) is 0 Å². The van der Waals surface area contributed by atoms with Gasteiger partial charge in [0.2, 0.25) is 0 Å². The Hall–Kier alpha value is -0.700. The first-order valence-electron chi connectivity index (χ1n) is 11.0. The van der Waals surface area contributed by atoms with Gasteiger partial charge >= 0.3 is 0 Å². The van der Waals surface area contributed by atoms with Gasteiger partial charge in [0, 0.05) is 5.92 Å². The quantitative estimate of drug-likeness (QED) is 0.246. The van der Waals surface area contributed by atoms with E-state index in [0.717, 1.165) is 11.8 Å². The lowest BCUT2D eigenvalue weighted by Gasteiger charge is -2.30. The summed E-state index contributed by atoms with van der Waals surface area (Å²) < 4.78 is 0. The SMILES string of the molecule is CC#CC(CCCC)CC(=C(CC)C(C)C(C)CC(C)C)C(C)CC. The van der Waals surface area contributed by atoms with Gasteiger partial charge in [0.1, 0.15) is 0 Å². The van der Waals surface area contributed by atoms with Gasteiger partial charge in [-0.1, -0.05) is 85.3 Å². The van der Waals surface area contributed by atoms with Crippen LogP contribution in [0.4, 0.5) is 0 Å². The second-order valence-electron chi connectivity index (χ2n) is 8.55. The van der Waals surface area contributed by atoms with E-state index < -0.39 is 0 Å². The van der Waals surface area contributed by atoms with E-state index in [2.05, 4.69) is 67.2 Å². The van der Waals surface area contributed by atoms with E-state index >= 15 is 0 Å². The van der Waals surface area contributed by atoms with Crippen LogP contribution < -0.4 is 0 Å². The molecule has 0 aromatic rings. The number of hydrogen-bond donors (Lipinski definition) is 0. The summed E-state index contributed by atoms with van der Waals surface area (Å²) in [6.07, 6.45) is 8.78. The third-order valence-corrected chi connectivity index (χ3v) is 5.97. The molecular formula is C25H46. The van der Waals surface area contributed by atoms with Crippen LogP contribution in [0.5, 0.6) is 0 Å². The fourth-order valence-corrected chi connectivity index (χ4v) is 4.17. The molecule has 0 N–H and O–H groups in total. The topological polar surface area (TPSA) is 0 Å². The molecule has 0 fully saturated rings. The van der Waals surface area contributed by atoms with Crippen molar-refractivity contribution in [1.29, 1.82) is 0 Å². The lowest BCUT2D eigenvalue weighted by Crippen LogP contribution is -2.18. The van der Waals surface area contributed by atoms with E-state index in [4.69, 9.17) is 0 Å². The van der Waals surface area contributed by atoms with Crippen LogP contribution in [-0.2, 0) is 0 Å². The smallest absolute Gasteiger partial charge is 0.0240 e. The Morgan fingerprint density at radius 1 is 0.920 bits per heavy atom. The number of hydrogen-bond acceptors (Lipinski definition) is 0. The zero-order valence-corrected chi connectivity index (χ0v) is 18.8. The maximum atomic E-state index is 3.52. The predicted octanol–water partition coefficient (Wildman–Crippen LogP) is 8.28. The first-order chi connectivity index (χ1) is 11.8. The van der Waals surface area contributed by atoms with E-state index in [1.807, 2.05) is 6.92 Å².